The number of carbonyl (C=O) groups is 1. The molecule has 0 bridgehead atoms. The number of hydrogen-bond donors (Lipinski definition) is 1. The lowest BCUT2D eigenvalue weighted by molar-refractivity contribution is -0.133. The molecule has 2 unspecified atom stereocenters. The first kappa shape index (κ1) is 15.0. The highest BCUT2D eigenvalue weighted by molar-refractivity contribution is 5.76. The van der Waals surface area contributed by atoms with E-state index in [0.29, 0.717) is 12.5 Å². The summed E-state index contributed by atoms with van der Waals surface area (Å²) in [6.07, 6.45) is 6.05. The molecular formula is C17H26N2O. The maximum Gasteiger partial charge on any atom is 0.222 e. The van der Waals surface area contributed by atoms with Crippen molar-refractivity contribution in [3.8, 4) is 0 Å². The van der Waals surface area contributed by atoms with E-state index in [1.165, 1.54) is 12.8 Å². The SMILES string of the molecule is CC1CCCCCN1C(=O)CCC(N)c1ccccc1. The number of likely N-dealkylation sites (tertiary alicyclic amines) is 1. The van der Waals surface area contributed by atoms with Crippen molar-refractivity contribution in [2.24, 2.45) is 5.73 Å². The van der Waals surface area contributed by atoms with Crippen LogP contribution >= 0.6 is 0 Å². The second kappa shape index (κ2) is 7.44. The summed E-state index contributed by atoms with van der Waals surface area (Å²) in [4.78, 5) is 14.4. The zero-order valence-electron chi connectivity index (χ0n) is 12.4. The van der Waals surface area contributed by atoms with Crippen molar-refractivity contribution < 1.29 is 4.79 Å². The molecule has 2 rings (SSSR count). The Morgan fingerprint density at radius 3 is 2.80 bits per heavy atom. The third-order valence-corrected chi connectivity index (χ3v) is 4.27. The maximum atomic E-state index is 12.4. The fraction of sp³-hybridized carbons (Fsp3) is 0.588. The first-order valence-corrected chi connectivity index (χ1v) is 7.78. The summed E-state index contributed by atoms with van der Waals surface area (Å²) in [6.45, 7) is 3.08. The summed E-state index contributed by atoms with van der Waals surface area (Å²) in [5.41, 5.74) is 7.28. The van der Waals surface area contributed by atoms with Gasteiger partial charge in [-0.2, -0.15) is 0 Å². The molecule has 1 heterocycles. The summed E-state index contributed by atoms with van der Waals surface area (Å²) < 4.78 is 0. The van der Waals surface area contributed by atoms with Gasteiger partial charge < -0.3 is 10.6 Å². The molecule has 0 aliphatic carbocycles. The second-order valence-corrected chi connectivity index (χ2v) is 5.84. The Morgan fingerprint density at radius 1 is 1.30 bits per heavy atom. The zero-order valence-corrected chi connectivity index (χ0v) is 12.4. The lowest BCUT2D eigenvalue weighted by atomic mass is 10.0. The molecule has 1 aromatic rings. The fourth-order valence-electron chi connectivity index (χ4n) is 2.93. The first-order chi connectivity index (χ1) is 9.68. The Hall–Kier alpha value is -1.35. The Labute approximate surface area is 122 Å². The van der Waals surface area contributed by atoms with Gasteiger partial charge in [0.25, 0.3) is 0 Å². The average Bonchev–Trinajstić information content (AvgIpc) is 2.70. The molecule has 0 aromatic heterocycles. The molecule has 1 amide bonds. The predicted molar refractivity (Wildman–Crippen MR) is 82.2 cm³/mol. The van der Waals surface area contributed by atoms with Crippen LogP contribution in [0.25, 0.3) is 0 Å². The summed E-state index contributed by atoms with van der Waals surface area (Å²) in [6, 6.07) is 10.4. The Bertz CT molecular complexity index is 418. The maximum absolute atomic E-state index is 12.4. The van der Waals surface area contributed by atoms with E-state index in [1.54, 1.807) is 0 Å². The molecule has 1 fully saturated rings. The number of nitrogens with two attached hydrogens (primary N) is 1. The molecule has 0 radical (unpaired) electrons. The number of nitrogens with zero attached hydrogens (tertiary/aromatic N) is 1. The van der Waals surface area contributed by atoms with Gasteiger partial charge in [-0.15, -0.1) is 0 Å². The number of amides is 1. The second-order valence-electron chi connectivity index (χ2n) is 5.84. The summed E-state index contributed by atoms with van der Waals surface area (Å²) in [7, 11) is 0. The smallest absolute Gasteiger partial charge is 0.222 e. The highest BCUT2D eigenvalue weighted by Crippen LogP contribution is 2.20. The molecule has 1 aliphatic heterocycles. The van der Waals surface area contributed by atoms with E-state index in [9.17, 15) is 4.79 Å². The van der Waals surface area contributed by atoms with Crippen LogP contribution in [-0.2, 0) is 4.79 Å². The van der Waals surface area contributed by atoms with Gasteiger partial charge >= 0.3 is 0 Å². The van der Waals surface area contributed by atoms with Crippen LogP contribution in [0.4, 0.5) is 0 Å². The van der Waals surface area contributed by atoms with Crippen molar-refractivity contribution in [1.29, 1.82) is 0 Å². The van der Waals surface area contributed by atoms with Crippen LogP contribution in [0, 0.1) is 0 Å². The third-order valence-electron chi connectivity index (χ3n) is 4.27. The molecule has 3 heteroatoms. The highest BCUT2D eigenvalue weighted by atomic mass is 16.2. The van der Waals surface area contributed by atoms with E-state index in [-0.39, 0.29) is 11.9 Å². The van der Waals surface area contributed by atoms with Crippen molar-refractivity contribution in [3.63, 3.8) is 0 Å². The minimum atomic E-state index is -0.0394. The topological polar surface area (TPSA) is 46.3 Å². The number of benzene rings is 1. The van der Waals surface area contributed by atoms with E-state index in [2.05, 4.69) is 11.8 Å². The van der Waals surface area contributed by atoms with Crippen molar-refractivity contribution in [2.75, 3.05) is 6.54 Å². The molecule has 2 N–H and O–H groups in total. The van der Waals surface area contributed by atoms with E-state index in [0.717, 1.165) is 31.4 Å². The molecular weight excluding hydrogens is 248 g/mol. The van der Waals surface area contributed by atoms with E-state index in [1.807, 2.05) is 30.3 Å². The predicted octanol–water partition coefficient (Wildman–Crippen LogP) is 3.26. The third kappa shape index (κ3) is 4.07. The van der Waals surface area contributed by atoms with Gasteiger partial charge in [0.2, 0.25) is 5.91 Å². The van der Waals surface area contributed by atoms with Crippen LogP contribution in [0.2, 0.25) is 0 Å². The summed E-state index contributed by atoms with van der Waals surface area (Å²) in [5.74, 6) is 0.269. The molecule has 1 aromatic carbocycles. The molecule has 20 heavy (non-hydrogen) atoms. The monoisotopic (exact) mass is 274 g/mol. The van der Waals surface area contributed by atoms with Crippen molar-refractivity contribution >= 4 is 5.91 Å². The highest BCUT2D eigenvalue weighted by Gasteiger charge is 2.22. The molecule has 1 saturated heterocycles. The zero-order chi connectivity index (χ0) is 14.4. The number of hydrogen-bond acceptors (Lipinski definition) is 2. The molecule has 0 saturated carbocycles. The largest absolute Gasteiger partial charge is 0.340 e. The normalized spacial score (nSPS) is 21.3. The van der Waals surface area contributed by atoms with E-state index >= 15 is 0 Å². The quantitative estimate of drug-likeness (QED) is 0.916. The van der Waals surface area contributed by atoms with Crippen LogP contribution in [0.5, 0.6) is 0 Å². The lowest BCUT2D eigenvalue weighted by Gasteiger charge is -2.27. The molecule has 110 valence electrons. The van der Waals surface area contributed by atoms with Gasteiger partial charge in [0.05, 0.1) is 0 Å². The van der Waals surface area contributed by atoms with Crippen molar-refractivity contribution in [2.45, 2.75) is 57.5 Å². The minimum absolute atomic E-state index is 0.0394. The van der Waals surface area contributed by atoms with Crippen LogP contribution in [0.3, 0.4) is 0 Å². The van der Waals surface area contributed by atoms with Crippen molar-refractivity contribution in [1.82, 2.24) is 4.90 Å². The standard InChI is InChI=1S/C17H26N2O/c1-14-8-4-3-7-13-19(14)17(20)12-11-16(18)15-9-5-2-6-10-15/h2,5-6,9-10,14,16H,3-4,7-8,11-13,18H2,1H3. The van der Waals surface area contributed by atoms with E-state index in [4.69, 9.17) is 5.73 Å². The van der Waals surface area contributed by atoms with Crippen LogP contribution in [0.1, 0.15) is 57.1 Å². The molecule has 0 spiro atoms. The molecule has 3 nitrogen and oxygen atoms in total. The Morgan fingerprint density at radius 2 is 2.05 bits per heavy atom. The van der Waals surface area contributed by atoms with Gasteiger partial charge in [0, 0.05) is 25.0 Å². The van der Waals surface area contributed by atoms with Gasteiger partial charge in [-0.25, -0.2) is 0 Å². The van der Waals surface area contributed by atoms with Gasteiger partial charge in [0.15, 0.2) is 0 Å². The van der Waals surface area contributed by atoms with E-state index < -0.39 is 0 Å². The lowest BCUT2D eigenvalue weighted by Crippen LogP contribution is -2.38. The fourth-order valence-corrected chi connectivity index (χ4v) is 2.93. The average molecular weight is 274 g/mol. The van der Waals surface area contributed by atoms with Crippen LogP contribution in [0.15, 0.2) is 30.3 Å². The first-order valence-electron chi connectivity index (χ1n) is 7.78. The van der Waals surface area contributed by atoms with Crippen LogP contribution < -0.4 is 5.73 Å². The van der Waals surface area contributed by atoms with Crippen LogP contribution in [-0.4, -0.2) is 23.4 Å². The summed E-state index contributed by atoms with van der Waals surface area (Å²) >= 11 is 0. The van der Waals surface area contributed by atoms with Gasteiger partial charge in [0.1, 0.15) is 0 Å². The number of rotatable bonds is 4. The van der Waals surface area contributed by atoms with Crippen molar-refractivity contribution in [3.05, 3.63) is 35.9 Å². The Kier molecular flexibility index (Phi) is 5.60. The summed E-state index contributed by atoms with van der Waals surface area (Å²) in [5, 5.41) is 0. The minimum Gasteiger partial charge on any atom is -0.340 e. The van der Waals surface area contributed by atoms with Gasteiger partial charge in [-0.1, -0.05) is 43.2 Å². The molecule has 1 aliphatic rings. The molecule has 2 atom stereocenters. The number of carbonyl (C=O) groups excluding carboxylic acids is 1. The van der Waals surface area contributed by atoms with Gasteiger partial charge in [-0.3, -0.25) is 4.79 Å². The van der Waals surface area contributed by atoms with Gasteiger partial charge in [-0.05, 0) is 31.7 Å². The Balaban J connectivity index is 1.85.